The van der Waals surface area contributed by atoms with E-state index in [2.05, 4.69) is 5.32 Å². The van der Waals surface area contributed by atoms with Crippen LogP contribution in [0.4, 0.5) is 5.69 Å². The molecule has 0 aliphatic rings. The van der Waals surface area contributed by atoms with Crippen LogP contribution in [0.5, 0.6) is 0 Å². The molecule has 0 aliphatic heterocycles. The van der Waals surface area contributed by atoms with Gasteiger partial charge >= 0.3 is 5.97 Å². The van der Waals surface area contributed by atoms with Crippen LogP contribution in [0.25, 0.3) is 0 Å². The normalized spacial score (nSPS) is 10.5. The average molecular weight is 359 g/mol. The molecule has 132 valence electrons. The number of esters is 1. The number of hydrogen-bond donors (Lipinski definition) is 1. The highest BCUT2D eigenvalue weighted by Gasteiger charge is 2.11. The molecule has 1 aromatic carbocycles. The second-order valence-corrected chi connectivity index (χ2v) is 6.72. The van der Waals surface area contributed by atoms with Gasteiger partial charge in [0.15, 0.2) is 12.4 Å². The number of benzene rings is 1. The van der Waals surface area contributed by atoms with Crippen molar-refractivity contribution < 1.29 is 19.1 Å². The summed E-state index contributed by atoms with van der Waals surface area (Å²) in [6, 6.07) is 8.50. The molecule has 6 heteroatoms. The van der Waals surface area contributed by atoms with Gasteiger partial charge < -0.3 is 10.1 Å². The lowest BCUT2D eigenvalue weighted by atomic mass is 10.1. The van der Waals surface area contributed by atoms with Crippen LogP contribution in [0.15, 0.2) is 41.1 Å². The van der Waals surface area contributed by atoms with E-state index in [1.54, 1.807) is 49.4 Å². The van der Waals surface area contributed by atoms with Gasteiger partial charge in [-0.3, -0.25) is 14.4 Å². The molecule has 0 unspecified atom stereocenters. The third-order valence-electron chi connectivity index (χ3n) is 3.56. The summed E-state index contributed by atoms with van der Waals surface area (Å²) in [4.78, 5) is 35.4. The standard InChI is InChI=1S/C19H21NO4S/c1-13(2)19(23)20-16-6-4-15(5-7-16)17(21)11-24-18(22)8-3-14-9-10-25-12-14/h4-7,9-10,12-13H,3,8,11H2,1-2H3,(H,20,23). The molecule has 2 rings (SSSR count). The Hall–Kier alpha value is -2.47. The van der Waals surface area contributed by atoms with Gasteiger partial charge in [0.25, 0.3) is 0 Å². The molecule has 0 atom stereocenters. The Bertz CT molecular complexity index is 720. The first-order chi connectivity index (χ1) is 12.0. The Morgan fingerprint density at radius 2 is 1.84 bits per heavy atom. The summed E-state index contributed by atoms with van der Waals surface area (Å²) in [6.45, 7) is 3.33. The van der Waals surface area contributed by atoms with E-state index in [0.717, 1.165) is 5.56 Å². The predicted molar refractivity (Wildman–Crippen MR) is 97.8 cm³/mol. The van der Waals surface area contributed by atoms with Gasteiger partial charge in [0.1, 0.15) is 0 Å². The Morgan fingerprint density at radius 1 is 1.12 bits per heavy atom. The third-order valence-corrected chi connectivity index (χ3v) is 4.29. The Labute approximate surface area is 151 Å². The number of anilines is 1. The van der Waals surface area contributed by atoms with Crippen LogP contribution < -0.4 is 5.32 Å². The Balaban J connectivity index is 1.78. The molecule has 0 saturated heterocycles. The maximum absolute atomic E-state index is 12.1. The summed E-state index contributed by atoms with van der Waals surface area (Å²) in [6.07, 6.45) is 0.866. The zero-order chi connectivity index (χ0) is 18.2. The van der Waals surface area contributed by atoms with Crippen LogP contribution in [0.1, 0.15) is 36.2 Å². The van der Waals surface area contributed by atoms with Crippen molar-refractivity contribution in [3.05, 3.63) is 52.2 Å². The minimum atomic E-state index is -0.389. The van der Waals surface area contributed by atoms with E-state index < -0.39 is 0 Å². The zero-order valence-electron chi connectivity index (χ0n) is 14.3. The van der Waals surface area contributed by atoms with Crippen LogP contribution in [0, 0.1) is 5.92 Å². The molecule has 0 fully saturated rings. The van der Waals surface area contributed by atoms with Gasteiger partial charge in [-0.1, -0.05) is 13.8 Å². The summed E-state index contributed by atoms with van der Waals surface area (Å²) in [5, 5.41) is 6.69. The number of carbonyl (C=O) groups excluding carboxylic acids is 3. The van der Waals surface area contributed by atoms with E-state index in [9.17, 15) is 14.4 Å². The Morgan fingerprint density at radius 3 is 2.44 bits per heavy atom. The maximum Gasteiger partial charge on any atom is 0.306 e. The molecule has 25 heavy (non-hydrogen) atoms. The van der Waals surface area contributed by atoms with Crippen LogP contribution in [-0.2, 0) is 20.7 Å². The number of thiophene rings is 1. The molecule has 1 N–H and O–H groups in total. The number of nitrogens with one attached hydrogen (secondary N) is 1. The number of aryl methyl sites for hydroxylation is 1. The summed E-state index contributed by atoms with van der Waals surface area (Å²) in [5.41, 5.74) is 2.16. The highest BCUT2D eigenvalue weighted by Crippen LogP contribution is 2.12. The number of ether oxygens (including phenoxy) is 1. The number of hydrogen-bond acceptors (Lipinski definition) is 5. The van der Waals surface area contributed by atoms with Crippen LogP contribution in [0.2, 0.25) is 0 Å². The monoisotopic (exact) mass is 359 g/mol. The fraction of sp³-hybridized carbons (Fsp3) is 0.316. The van der Waals surface area contributed by atoms with Crippen LogP contribution in [-0.4, -0.2) is 24.3 Å². The predicted octanol–water partition coefficient (Wildman–Crippen LogP) is 3.70. The van der Waals surface area contributed by atoms with Crippen molar-refractivity contribution in [3.63, 3.8) is 0 Å². The lowest BCUT2D eigenvalue weighted by Gasteiger charge is -2.08. The van der Waals surface area contributed by atoms with Gasteiger partial charge in [0, 0.05) is 23.6 Å². The molecule has 0 saturated carbocycles. The highest BCUT2D eigenvalue weighted by atomic mass is 32.1. The van der Waals surface area contributed by atoms with Crippen molar-refractivity contribution in [2.45, 2.75) is 26.7 Å². The molecule has 0 bridgehead atoms. The van der Waals surface area contributed by atoms with E-state index in [1.165, 1.54) is 0 Å². The van der Waals surface area contributed by atoms with E-state index in [4.69, 9.17) is 4.74 Å². The van der Waals surface area contributed by atoms with Crippen molar-refractivity contribution in [1.29, 1.82) is 0 Å². The van der Waals surface area contributed by atoms with Crippen molar-refractivity contribution in [3.8, 4) is 0 Å². The number of ketones is 1. The molecule has 1 heterocycles. The van der Waals surface area contributed by atoms with Gasteiger partial charge in [-0.2, -0.15) is 11.3 Å². The first kappa shape index (κ1) is 18.9. The molecular weight excluding hydrogens is 338 g/mol. The number of Topliss-reactive ketones (excluding diaryl/α,β-unsaturated/α-hetero) is 1. The number of amides is 1. The number of carbonyl (C=O) groups is 3. The summed E-state index contributed by atoms with van der Waals surface area (Å²) in [5.74, 6) is -0.862. The minimum absolute atomic E-state index is 0.0846. The number of rotatable bonds is 8. The van der Waals surface area contributed by atoms with Gasteiger partial charge in [-0.25, -0.2) is 0 Å². The Kier molecular flexibility index (Phi) is 6.89. The maximum atomic E-state index is 12.1. The third kappa shape index (κ3) is 6.15. The summed E-state index contributed by atoms with van der Waals surface area (Å²) >= 11 is 1.58. The molecule has 0 spiro atoms. The van der Waals surface area contributed by atoms with Gasteiger partial charge in [0.2, 0.25) is 5.91 Å². The lowest BCUT2D eigenvalue weighted by Crippen LogP contribution is -2.18. The molecule has 0 radical (unpaired) electrons. The summed E-state index contributed by atoms with van der Waals surface area (Å²) < 4.78 is 5.03. The average Bonchev–Trinajstić information content (AvgIpc) is 3.12. The highest BCUT2D eigenvalue weighted by molar-refractivity contribution is 7.07. The second kappa shape index (κ2) is 9.13. The van der Waals surface area contributed by atoms with E-state index >= 15 is 0 Å². The molecule has 1 amide bonds. The summed E-state index contributed by atoms with van der Waals surface area (Å²) in [7, 11) is 0. The van der Waals surface area contributed by atoms with Gasteiger partial charge in [0.05, 0.1) is 0 Å². The molecule has 1 aromatic heterocycles. The van der Waals surface area contributed by atoms with Crippen molar-refractivity contribution in [1.82, 2.24) is 0 Å². The quantitative estimate of drug-likeness (QED) is 0.576. The topological polar surface area (TPSA) is 72.5 Å². The first-order valence-electron chi connectivity index (χ1n) is 8.06. The van der Waals surface area contributed by atoms with E-state index in [1.807, 2.05) is 16.8 Å². The van der Waals surface area contributed by atoms with Crippen molar-refractivity contribution in [2.75, 3.05) is 11.9 Å². The minimum Gasteiger partial charge on any atom is -0.457 e. The largest absolute Gasteiger partial charge is 0.457 e. The van der Waals surface area contributed by atoms with Crippen LogP contribution >= 0.6 is 11.3 Å². The fourth-order valence-corrected chi connectivity index (χ4v) is 2.71. The SMILES string of the molecule is CC(C)C(=O)Nc1ccc(C(=O)COC(=O)CCc2ccsc2)cc1. The van der Waals surface area contributed by atoms with Crippen molar-refractivity contribution in [2.24, 2.45) is 5.92 Å². The molecular formula is C19H21NO4S. The smallest absolute Gasteiger partial charge is 0.306 e. The molecule has 5 nitrogen and oxygen atoms in total. The molecule has 0 aliphatic carbocycles. The van der Waals surface area contributed by atoms with Gasteiger partial charge in [-0.05, 0) is 53.1 Å². The van der Waals surface area contributed by atoms with E-state index in [0.29, 0.717) is 17.7 Å². The van der Waals surface area contributed by atoms with E-state index in [-0.39, 0.29) is 36.6 Å². The lowest BCUT2D eigenvalue weighted by molar-refractivity contribution is -0.142. The fourth-order valence-electron chi connectivity index (χ4n) is 2.01. The van der Waals surface area contributed by atoms with Crippen LogP contribution in [0.3, 0.4) is 0 Å². The van der Waals surface area contributed by atoms with Crippen molar-refractivity contribution >= 4 is 34.7 Å². The second-order valence-electron chi connectivity index (χ2n) is 5.94. The first-order valence-corrected chi connectivity index (χ1v) is 9.01. The molecule has 2 aromatic rings. The zero-order valence-corrected chi connectivity index (χ0v) is 15.1. The van der Waals surface area contributed by atoms with Gasteiger partial charge in [-0.15, -0.1) is 0 Å².